The summed E-state index contributed by atoms with van der Waals surface area (Å²) in [5, 5.41) is 3.26. The Morgan fingerprint density at radius 3 is 2.36 bits per heavy atom. The van der Waals surface area contributed by atoms with E-state index in [1.807, 2.05) is 4.90 Å². The number of aromatic nitrogens is 1. The van der Waals surface area contributed by atoms with E-state index < -0.39 is 0 Å². The number of hydrogen-bond donors (Lipinski definition) is 2. The molecular weight excluding hydrogens is 361 g/mol. The maximum Gasteiger partial charge on any atom is 0.272 e. The number of carbonyl (C=O) groups is 2. The average molecular weight is 380 g/mol. The Morgan fingerprint density at radius 1 is 1.16 bits per heavy atom. The van der Waals surface area contributed by atoms with E-state index >= 15 is 0 Å². The van der Waals surface area contributed by atoms with Gasteiger partial charge in [-0.3, -0.25) is 9.59 Å². The number of benzene rings is 1. The summed E-state index contributed by atoms with van der Waals surface area (Å²) in [6.07, 6.45) is 2.09. The van der Waals surface area contributed by atoms with Gasteiger partial charge in [0.2, 0.25) is 0 Å². The lowest BCUT2D eigenvalue weighted by molar-refractivity contribution is 0.0697. The summed E-state index contributed by atoms with van der Waals surface area (Å²) in [7, 11) is 0. The number of piperidine rings is 1. The summed E-state index contributed by atoms with van der Waals surface area (Å²) in [5.74, 6) is 0.363. The summed E-state index contributed by atoms with van der Waals surface area (Å²) in [6, 6.07) is 8.34. The number of nitrogens with one attached hydrogen (secondary N) is 2. The smallest absolute Gasteiger partial charge is 0.272 e. The summed E-state index contributed by atoms with van der Waals surface area (Å²) in [5.41, 5.74) is 1.49. The molecule has 2 aromatic rings. The number of nitrogens with zero attached hydrogens (tertiary/aromatic N) is 1. The van der Waals surface area contributed by atoms with Gasteiger partial charge in [-0.15, -0.1) is 0 Å². The van der Waals surface area contributed by atoms with E-state index in [2.05, 4.69) is 17.2 Å². The third-order valence-electron chi connectivity index (χ3n) is 4.43. The average Bonchev–Trinajstić information content (AvgIpc) is 2.95. The predicted octanol–water partition coefficient (Wildman–Crippen LogP) is 4.45. The van der Waals surface area contributed by atoms with Gasteiger partial charge in [0, 0.05) is 24.3 Å². The maximum absolute atomic E-state index is 12.5. The Kier molecular flexibility index (Phi) is 5.35. The second-order valence-electron chi connectivity index (χ2n) is 6.35. The van der Waals surface area contributed by atoms with Gasteiger partial charge in [-0.1, -0.05) is 30.1 Å². The van der Waals surface area contributed by atoms with Crippen molar-refractivity contribution < 1.29 is 9.59 Å². The molecule has 0 unspecified atom stereocenters. The van der Waals surface area contributed by atoms with Gasteiger partial charge in [0.1, 0.15) is 10.8 Å². The van der Waals surface area contributed by atoms with Crippen LogP contribution in [0.25, 0.3) is 0 Å². The number of H-pyrrole nitrogens is 1. The highest BCUT2D eigenvalue weighted by Crippen LogP contribution is 2.23. The van der Waals surface area contributed by atoms with Crippen LogP contribution in [0.2, 0.25) is 10.2 Å². The fourth-order valence-electron chi connectivity index (χ4n) is 2.82. The number of rotatable bonds is 3. The van der Waals surface area contributed by atoms with Crippen molar-refractivity contribution in [2.45, 2.75) is 19.8 Å². The minimum Gasteiger partial charge on any atom is -0.340 e. The predicted molar refractivity (Wildman–Crippen MR) is 99.5 cm³/mol. The molecule has 1 aromatic carbocycles. The van der Waals surface area contributed by atoms with Crippen LogP contribution in [0.4, 0.5) is 5.69 Å². The number of carbonyl (C=O) groups excluding carboxylic acids is 2. The Labute approximate surface area is 156 Å². The number of hydrogen-bond acceptors (Lipinski definition) is 2. The van der Waals surface area contributed by atoms with Crippen LogP contribution in [0.15, 0.2) is 30.3 Å². The van der Waals surface area contributed by atoms with Gasteiger partial charge in [-0.2, -0.15) is 0 Å². The zero-order chi connectivity index (χ0) is 18.0. The highest BCUT2D eigenvalue weighted by molar-refractivity contribution is 6.41. The summed E-state index contributed by atoms with van der Waals surface area (Å²) in [4.78, 5) is 29.2. The third kappa shape index (κ3) is 4.17. The molecule has 1 aromatic heterocycles. The second kappa shape index (κ2) is 7.50. The molecule has 1 aliphatic rings. The van der Waals surface area contributed by atoms with Crippen molar-refractivity contribution in [2.24, 2.45) is 5.92 Å². The Balaban J connectivity index is 1.63. The molecule has 132 valence electrons. The number of aromatic amines is 1. The number of likely N-dealkylation sites (tertiary alicyclic amines) is 1. The first-order valence-corrected chi connectivity index (χ1v) is 8.94. The van der Waals surface area contributed by atoms with E-state index in [1.54, 1.807) is 24.3 Å². The standard InChI is InChI=1S/C18H19Cl2N3O2/c1-11-6-8-23(9-7-11)18(25)12-2-4-13(5-3-12)21-17(24)15-10-14(19)16(20)22-15/h2-5,10-11,22H,6-9H2,1H3,(H,21,24). The fraction of sp³-hybridized carbons (Fsp3) is 0.333. The lowest BCUT2D eigenvalue weighted by atomic mass is 9.98. The van der Waals surface area contributed by atoms with E-state index in [4.69, 9.17) is 23.2 Å². The van der Waals surface area contributed by atoms with Crippen LogP contribution in [0.1, 0.15) is 40.6 Å². The zero-order valence-electron chi connectivity index (χ0n) is 13.8. The van der Waals surface area contributed by atoms with E-state index in [-0.39, 0.29) is 22.7 Å². The van der Waals surface area contributed by atoms with Crippen LogP contribution < -0.4 is 5.32 Å². The van der Waals surface area contributed by atoms with Gasteiger partial charge in [0.25, 0.3) is 11.8 Å². The largest absolute Gasteiger partial charge is 0.340 e. The van der Waals surface area contributed by atoms with Crippen molar-refractivity contribution in [2.75, 3.05) is 18.4 Å². The zero-order valence-corrected chi connectivity index (χ0v) is 15.3. The first-order valence-electron chi connectivity index (χ1n) is 8.18. The molecule has 0 aliphatic carbocycles. The molecular formula is C18H19Cl2N3O2. The van der Waals surface area contributed by atoms with Crippen LogP contribution in [0.5, 0.6) is 0 Å². The highest BCUT2D eigenvalue weighted by atomic mass is 35.5. The Hall–Kier alpha value is -1.98. The Bertz CT molecular complexity index is 759. The molecule has 0 radical (unpaired) electrons. The molecule has 1 saturated heterocycles. The highest BCUT2D eigenvalue weighted by Gasteiger charge is 2.21. The molecule has 2 amide bonds. The van der Waals surface area contributed by atoms with Crippen molar-refractivity contribution in [3.8, 4) is 0 Å². The Morgan fingerprint density at radius 2 is 1.80 bits per heavy atom. The first-order chi connectivity index (χ1) is 11.9. The fourth-order valence-corrected chi connectivity index (χ4v) is 3.13. The van der Waals surface area contributed by atoms with Crippen LogP contribution in [0.3, 0.4) is 0 Å². The molecule has 1 fully saturated rings. The topological polar surface area (TPSA) is 65.2 Å². The summed E-state index contributed by atoms with van der Waals surface area (Å²) < 4.78 is 0. The third-order valence-corrected chi connectivity index (χ3v) is 5.12. The van der Waals surface area contributed by atoms with Gasteiger partial charge in [0.05, 0.1) is 5.02 Å². The monoisotopic (exact) mass is 379 g/mol. The van der Waals surface area contributed by atoms with Crippen LogP contribution in [-0.4, -0.2) is 34.8 Å². The van der Waals surface area contributed by atoms with Crippen molar-refractivity contribution in [1.82, 2.24) is 9.88 Å². The van der Waals surface area contributed by atoms with E-state index in [0.717, 1.165) is 25.9 Å². The molecule has 25 heavy (non-hydrogen) atoms. The van der Waals surface area contributed by atoms with Crippen LogP contribution in [-0.2, 0) is 0 Å². The molecule has 0 spiro atoms. The second-order valence-corrected chi connectivity index (χ2v) is 7.14. The van der Waals surface area contributed by atoms with Crippen LogP contribution in [0, 0.1) is 5.92 Å². The lowest BCUT2D eigenvalue weighted by Gasteiger charge is -2.30. The quantitative estimate of drug-likeness (QED) is 0.827. The SMILES string of the molecule is CC1CCN(C(=O)c2ccc(NC(=O)c3cc(Cl)c(Cl)[nH]3)cc2)CC1. The summed E-state index contributed by atoms with van der Waals surface area (Å²) >= 11 is 11.6. The van der Waals surface area contributed by atoms with Gasteiger partial charge < -0.3 is 15.2 Å². The number of anilines is 1. The van der Waals surface area contributed by atoms with Crippen molar-refractivity contribution >= 4 is 40.7 Å². The molecule has 2 N–H and O–H groups in total. The molecule has 0 saturated carbocycles. The van der Waals surface area contributed by atoms with Crippen LogP contribution >= 0.6 is 23.2 Å². The van der Waals surface area contributed by atoms with Gasteiger partial charge in [-0.05, 0) is 49.1 Å². The molecule has 3 rings (SSSR count). The number of amides is 2. The minimum atomic E-state index is -0.349. The molecule has 5 nitrogen and oxygen atoms in total. The van der Waals surface area contributed by atoms with Crippen molar-refractivity contribution in [1.29, 1.82) is 0 Å². The van der Waals surface area contributed by atoms with Crippen molar-refractivity contribution in [3.05, 3.63) is 51.8 Å². The normalized spacial score (nSPS) is 15.2. The van der Waals surface area contributed by atoms with E-state index in [1.165, 1.54) is 6.07 Å². The van der Waals surface area contributed by atoms with Gasteiger partial charge in [0.15, 0.2) is 0 Å². The lowest BCUT2D eigenvalue weighted by Crippen LogP contribution is -2.37. The van der Waals surface area contributed by atoms with Gasteiger partial charge in [-0.25, -0.2) is 0 Å². The van der Waals surface area contributed by atoms with E-state index in [0.29, 0.717) is 22.2 Å². The molecule has 0 bridgehead atoms. The van der Waals surface area contributed by atoms with Crippen molar-refractivity contribution in [3.63, 3.8) is 0 Å². The minimum absolute atomic E-state index is 0.0349. The molecule has 1 aliphatic heterocycles. The summed E-state index contributed by atoms with van der Waals surface area (Å²) in [6.45, 7) is 3.81. The maximum atomic E-state index is 12.5. The number of halogens is 2. The molecule has 2 heterocycles. The molecule has 0 atom stereocenters. The molecule has 7 heteroatoms. The first kappa shape index (κ1) is 17.8. The van der Waals surface area contributed by atoms with E-state index in [9.17, 15) is 9.59 Å². The van der Waals surface area contributed by atoms with Gasteiger partial charge >= 0.3 is 0 Å².